The van der Waals surface area contributed by atoms with Crippen LogP contribution in [0.2, 0.25) is 0 Å². The number of hydrogen-bond donors (Lipinski definition) is 1. The number of carbonyl (C=O) groups excluding carboxylic acids is 2. The van der Waals surface area contributed by atoms with E-state index in [0.29, 0.717) is 38.3 Å². The van der Waals surface area contributed by atoms with Crippen LogP contribution < -0.4 is 10.1 Å². The maximum Gasteiger partial charge on any atom is 0.430 e. The Kier molecular flexibility index (Phi) is 8.86. The van der Waals surface area contributed by atoms with E-state index in [0.717, 1.165) is 19.1 Å². The average molecular weight is 549 g/mol. The minimum atomic E-state index is -4.97. The first kappa shape index (κ1) is 28.9. The van der Waals surface area contributed by atoms with Gasteiger partial charge in [0.1, 0.15) is 5.75 Å². The summed E-state index contributed by atoms with van der Waals surface area (Å²) in [5.74, 6) is -0.644. The molecule has 2 aliphatic heterocycles. The molecule has 1 N–H and O–H groups in total. The van der Waals surface area contributed by atoms with Crippen LogP contribution in [0.5, 0.6) is 5.75 Å². The Morgan fingerprint density at radius 1 is 1.03 bits per heavy atom. The van der Waals surface area contributed by atoms with Crippen LogP contribution in [-0.2, 0) is 24.7 Å². The Labute approximate surface area is 226 Å². The summed E-state index contributed by atoms with van der Waals surface area (Å²) in [6.45, 7) is 1.58. The van der Waals surface area contributed by atoms with Gasteiger partial charge in [-0.2, -0.15) is 13.2 Å². The van der Waals surface area contributed by atoms with Gasteiger partial charge in [0.15, 0.2) is 0 Å². The van der Waals surface area contributed by atoms with Crippen molar-refractivity contribution in [2.45, 2.75) is 43.4 Å². The number of carbonyl (C=O) groups is 2. The van der Waals surface area contributed by atoms with Crippen molar-refractivity contribution >= 4 is 11.8 Å². The molecule has 0 unspecified atom stereocenters. The highest BCUT2D eigenvalue weighted by Gasteiger charge is 2.64. The molecule has 2 atom stereocenters. The van der Waals surface area contributed by atoms with Gasteiger partial charge in [-0.25, -0.2) is 0 Å². The molecule has 39 heavy (non-hydrogen) atoms. The molecule has 0 saturated carbocycles. The summed E-state index contributed by atoms with van der Waals surface area (Å²) >= 11 is 0. The first-order valence-electron chi connectivity index (χ1n) is 13.1. The lowest BCUT2D eigenvalue weighted by Gasteiger charge is -2.50. The third-order valence-corrected chi connectivity index (χ3v) is 8.03. The molecule has 2 aromatic carbocycles. The first-order chi connectivity index (χ1) is 18.7. The lowest BCUT2D eigenvalue weighted by molar-refractivity contribution is -0.271. The molecular weight excluding hydrogens is 513 g/mol. The van der Waals surface area contributed by atoms with E-state index < -0.39 is 23.1 Å². The quantitative estimate of drug-likeness (QED) is 0.470. The van der Waals surface area contributed by atoms with Gasteiger partial charge in [0.25, 0.3) is 11.5 Å². The second kappa shape index (κ2) is 12.0. The topological polar surface area (TPSA) is 77.1 Å². The van der Waals surface area contributed by atoms with E-state index in [4.69, 9.17) is 14.2 Å². The molecule has 7 nitrogen and oxygen atoms in total. The summed E-state index contributed by atoms with van der Waals surface area (Å²) in [5.41, 5.74) is -2.95. The van der Waals surface area contributed by atoms with Crippen molar-refractivity contribution in [3.05, 3.63) is 65.7 Å². The van der Waals surface area contributed by atoms with Crippen LogP contribution in [0.1, 0.15) is 42.7 Å². The lowest BCUT2D eigenvalue weighted by atomic mass is 9.62. The molecule has 2 amide bonds. The molecule has 2 saturated heterocycles. The number of amides is 2. The summed E-state index contributed by atoms with van der Waals surface area (Å²) in [7, 11) is 2.54. The number of para-hydroxylation sites is 1. The van der Waals surface area contributed by atoms with E-state index in [1.807, 2.05) is 24.3 Å². The maximum absolute atomic E-state index is 14.5. The zero-order valence-electron chi connectivity index (χ0n) is 22.3. The molecule has 1 spiro atoms. The van der Waals surface area contributed by atoms with Gasteiger partial charge in [0.05, 0.1) is 6.61 Å². The zero-order valence-corrected chi connectivity index (χ0v) is 22.3. The van der Waals surface area contributed by atoms with Gasteiger partial charge in [0, 0.05) is 64.8 Å². The Balaban J connectivity index is 1.59. The summed E-state index contributed by atoms with van der Waals surface area (Å²) in [6.07, 6.45) is -3.27. The molecule has 212 valence electrons. The van der Waals surface area contributed by atoms with Gasteiger partial charge in [-0.05, 0) is 29.9 Å². The van der Waals surface area contributed by atoms with Gasteiger partial charge in [-0.1, -0.05) is 48.5 Å². The number of likely N-dealkylation sites (tertiary alicyclic amines) is 1. The van der Waals surface area contributed by atoms with Gasteiger partial charge in [0.2, 0.25) is 5.91 Å². The summed E-state index contributed by atoms with van der Waals surface area (Å²) < 4.78 is 59.7. The Bertz CT molecular complexity index is 1140. The summed E-state index contributed by atoms with van der Waals surface area (Å²) in [4.78, 5) is 27.4. The molecule has 0 radical (unpaired) electrons. The van der Waals surface area contributed by atoms with Crippen molar-refractivity contribution in [1.82, 2.24) is 10.2 Å². The predicted molar refractivity (Wildman–Crippen MR) is 138 cm³/mol. The van der Waals surface area contributed by atoms with E-state index in [1.165, 1.54) is 29.2 Å². The number of piperidine rings is 2. The van der Waals surface area contributed by atoms with E-state index in [9.17, 15) is 22.8 Å². The molecule has 0 bridgehead atoms. The highest BCUT2D eigenvalue weighted by molar-refractivity contribution is 5.88. The fourth-order valence-corrected chi connectivity index (χ4v) is 5.97. The van der Waals surface area contributed by atoms with Crippen molar-refractivity contribution in [1.29, 1.82) is 0 Å². The lowest BCUT2D eigenvalue weighted by Crippen LogP contribution is -2.60. The Morgan fingerprint density at radius 2 is 1.69 bits per heavy atom. The third-order valence-electron chi connectivity index (χ3n) is 8.03. The van der Waals surface area contributed by atoms with Gasteiger partial charge in [-0.3, -0.25) is 9.59 Å². The largest absolute Gasteiger partial charge is 0.493 e. The van der Waals surface area contributed by atoms with Crippen molar-refractivity contribution in [2.75, 3.05) is 47.1 Å². The number of benzene rings is 2. The van der Waals surface area contributed by atoms with E-state index in [2.05, 4.69) is 5.32 Å². The predicted octanol–water partition coefficient (Wildman–Crippen LogP) is 4.42. The highest BCUT2D eigenvalue weighted by atomic mass is 19.4. The minimum absolute atomic E-state index is 0.0769. The molecule has 0 aliphatic carbocycles. The maximum atomic E-state index is 14.5. The van der Waals surface area contributed by atoms with Crippen LogP contribution in [0.3, 0.4) is 0 Å². The van der Waals surface area contributed by atoms with Crippen LogP contribution in [0.4, 0.5) is 13.2 Å². The van der Waals surface area contributed by atoms with Crippen molar-refractivity contribution < 1.29 is 37.0 Å². The smallest absolute Gasteiger partial charge is 0.430 e. The van der Waals surface area contributed by atoms with Crippen molar-refractivity contribution in [2.24, 2.45) is 5.41 Å². The highest BCUT2D eigenvalue weighted by Crippen LogP contribution is 2.52. The van der Waals surface area contributed by atoms with Crippen LogP contribution in [-0.4, -0.2) is 70.0 Å². The second-order valence-corrected chi connectivity index (χ2v) is 10.2. The number of nitrogens with one attached hydrogen (secondary N) is 1. The van der Waals surface area contributed by atoms with Gasteiger partial charge < -0.3 is 24.4 Å². The molecule has 0 aromatic heterocycles. The normalized spacial score (nSPS) is 20.8. The molecule has 4 rings (SSSR count). The second-order valence-electron chi connectivity index (χ2n) is 10.2. The molecular formula is C29H35F3N2O5. The van der Waals surface area contributed by atoms with Gasteiger partial charge in [-0.15, -0.1) is 0 Å². The molecule has 2 fully saturated rings. The number of ether oxygens (including phenoxy) is 3. The number of nitrogens with zero attached hydrogens (tertiary/aromatic N) is 1. The third kappa shape index (κ3) is 5.63. The Hall–Kier alpha value is -3.11. The summed E-state index contributed by atoms with van der Waals surface area (Å²) in [5, 5.41) is 2.95. The van der Waals surface area contributed by atoms with Crippen LogP contribution in [0, 0.1) is 5.41 Å². The van der Waals surface area contributed by atoms with Crippen molar-refractivity contribution in [3.63, 3.8) is 0 Å². The average Bonchev–Trinajstić information content (AvgIpc) is 2.92. The number of hydrogen-bond acceptors (Lipinski definition) is 5. The summed E-state index contributed by atoms with van der Waals surface area (Å²) in [6, 6.07) is 14.7. The van der Waals surface area contributed by atoms with E-state index in [-0.39, 0.29) is 36.9 Å². The molecule has 10 heteroatoms. The number of rotatable bonds is 9. The van der Waals surface area contributed by atoms with Crippen LogP contribution >= 0.6 is 0 Å². The monoisotopic (exact) mass is 548 g/mol. The minimum Gasteiger partial charge on any atom is -0.493 e. The van der Waals surface area contributed by atoms with Crippen molar-refractivity contribution in [3.8, 4) is 5.75 Å². The first-order valence-corrected chi connectivity index (χ1v) is 13.1. The molecule has 2 aromatic rings. The number of methoxy groups -OCH3 is 2. The van der Waals surface area contributed by atoms with Crippen LogP contribution in [0.25, 0.3) is 0 Å². The van der Waals surface area contributed by atoms with E-state index in [1.54, 1.807) is 13.2 Å². The van der Waals surface area contributed by atoms with Gasteiger partial charge >= 0.3 is 6.18 Å². The fraction of sp³-hybridized carbons (Fsp3) is 0.517. The Morgan fingerprint density at radius 3 is 2.33 bits per heavy atom. The van der Waals surface area contributed by atoms with Crippen LogP contribution in [0.15, 0.2) is 54.6 Å². The number of halogens is 3. The zero-order chi connectivity index (χ0) is 28.1. The standard InChI is InChI=1S/C29H35F3N2O5/c1-37-17-8-18-39-24-12-7-6-11-22(24)23-20-33-25(35)19-27(23)13-15-34(16-14-27)26(36)28(38-2,29(30,31)32)21-9-4-3-5-10-21/h3-7,9-12,23H,8,13-20H2,1-2H3,(H,33,35)/t23-,28-/m1/s1. The fourth-order valence-electron chi connectivity index (χ4n) is 5.97. The molecule has 2 aliphatic rings. The number of alkyl halides is 3. The van der Waals surface area contributed by atoms with E-state index >= 15 is 0 Å². The SMILES string of the molecule is COCCCOc1ccccc1[C@H]1CNC(=O)CC12CCN(C(=O)[C@](OC)(c1ccccc1)C(F)(F)F)CC2. The molecule has 2 heterocycles.